The normalized spacial score (nSPS) is 17.5. The molecule has 1 aromatic heterocycles. The fourth-order valence-corrected chi connectivity index (χ4v) is 3.81. The average Bonchev–Trinajstić information content (AvgIpc) is 3.10. The highest BCUT2D eigenvalue weighted by Gasteiger charge is 2.23. The van der Waals surface area contributed by atoms with Gasteiger partial charge in [0.05, 0.1) is 5.25 Å². The van der Waals surface area contributed by atoms with Crippen molar-refractivity contribution in [3.63, 3.8) is 0 Å². The fourth-order valence-electron chi connectivity index (χ4n) is 2.69. The predicted octanol–water partition coefficient (Wildman–Crippen LogP) is 5.48. The smallest absolute Gasteiger partial charge is 0.0531 e. The summed E-state index contributed by atoms with van der Waals surface area (Å²) in [6, 6.07) is 6.00. The van der Waals surface area contributed by atoms with E-state index in [4.69, 9.17) is 11.6 Å². The lowest BCUT2D eigenvalue weighted by atomic mass is 10.0. The van der Waals surface area contributed by atoms with E-state index in [0.29, 0.717) is 5.25 Å². The standard InChI is InChI=1S/C17H19ClN2S/c1-3-8-19-11(2)16-13-10-12(18)6-7-14(13)20-17(16)15-5-4-9-21-15/h4,6-7,9-10,15,19-20H,2-3,5,8H2,1H3. The minimum atomic E-state index is 0.436. The molecular formula is C17H19ClN2S. The zero-order valence-corrected chi connectivity index (χ0v) is 13.7. The Bertz CT molecular complexity index is 694. The lowest BCUT2D eigenvalue weighted by molar-refractivity contribution is 0.822. The summed E-state index contributed by atoms with van der Waals surface area (Å²) < 4.78 is 0. The molecule has 1 aliphatic rings. The highest BCUT2D eigenvalue weighted by Crippen LogP contribution is 2.43. The Morgan fingerprint density at radius 2 is 2.38 bits per heavy atom. The third kappa shape index (κ3) is 2.85. The third-order valence-corrected chi connectivity index (χ3v) is 5.03. The Morgan fingerprint density at radius 3 is 3.10 bits per heavy atom. The maximum Gasteiger partial charge on any atom is 0.0531 e. The van der Waals surface area contributed by atoms with Crippen molar-refractivity contribution >= 4 is 40.0 Å². The van der Waals surface area contributed by atoms with Gasteiger partial charge >= 0.3 is 0 Å². The molecule has 2 N–H and O–H groups in total. The molecule has 0 saturated heterocycles. The quantitative estimate of drug-likeness (QED) is 0.763. The third-order valence-electron chi connectivity index (χ3n) is 3.69. The van der Waals surface area contributed by atoms with Crippen molar-refractivity contribution in [2.45, 2.75) is 25.0 Å². The molecule has 0 spiro atoms. The first-order valence-electron chi connectivity index (χ1n) is 7.25. The number of aromatic nitrogens is 1. The number of nitrogens with one attached hydrogen (secondary N) is 2. The van der Waals surface area contributed by atoms with E-state index in [0.717, 1.165) is 41.0 Å². The molecule has 0 amide bonds. The second-order valence-corrected chi connectivity index (χ2v) is 6.79. The molecule has 2 nitrogen and oxygen atoms in total. The number of halogens is 1. The summed E-state index contributed by atoms with van der Waals surface area (Å²) in [5.74, 6) is 0. The van der Waals surface area contributed by atoms with E-state index in [9.17, 15) is 0 Å². The Morgan fingerprint density at radius 1 is 1.52 bits per heavy atom. The van der Waals surface area contributed by atoms with Crippen LogP contribution in [0.5, 0.6) is 0 Å². The van der Waals surface area contributed by atoms with Crippen molar-refractivity contribution in [1.82, 2.24) is 10.3 Å². The van der Waals surface area contributed by atoms with Gasteiger partial charge in [0, 0.05) is 39.4 Å². The van der Waals surface area contributed by atoms with Crippen LogP contribution in [0.2, 0.25) is 5.02 Å². The Kier molecular flexibility index (Phi) is 4.32. The number of thioether (sulfide) groups is 1. The van der Waals surface area contributed by atoms with Gasteiger partial charge in [-0.05, 0) is 36.4 Å². The van der Waals surface area contributed by atoms with Gasteiger partial charge in [0.1, 0.15) is 0 Å². The van der Waals surface area contributed by atoms with Crippen molar-refractivity contribution in [3.05, 3.63) is 52.5 Å². The Balaban J connectivity index is 2.09. The second-order valence-electron chi connectivity index (χ2n) is 5.24. The largest absolute Gasteiger partial charge is 0.385 e. The number of fused-ring (bicyclic) bond motifs is 1. The molecule has 0 aliphatic carbocycles. The number of H-pyrrole nitrogens is 1. The van der Waals surface area contributed by atoms with E-state index in [1.165, 1.54) is 11.3 Å². The van der Waals surface area contributed by atoms with Gasteiger partial charge in [0.15, 0.2) is 0 Å². The molecule has 1 aromatic carbocycles. The van der Waals surface area contributed by atoms with Gasteiger partial charge in [-0.1, -0.05) is 31.2 Å². The SMILES string of the molecule is C=C(NCCC)c1c(C2CC=CS2)[nH]c2ccc(Cl)cc12. The van der Waals surface area contributed by atoms with Crippen molar-refractivity contribution in [2.24, 2.45) is 0 Å². The van der Waals surface area contributed by atoms with E-state index < -0.39 is 0 Å². The van der Waals surface area contributed by atoms with Crippen molar-refractivity contribution in [2.75, 3.05) is 6.54 Å². The van der Waals surface area contributed by atoms with E-state index in [2.05, 4.69) is 35.3 Å². The van der Waals surface area contributed by atoms with Crippen molar-refractivity contribution in [3.8, 4) is 0 Å². The minimum Gasteiger partial charge on any atom is -0.385 e. The van der Waals surface area contributed by atoms with Gasteiger partial charge in [-0.2, -0.15) is 0 Å². The number of hydrogen-bond acceptors (Lipinski definition) is 2. The van der Waals surface area contributed by atoms with Crippen molar-refractivity contribution in [1.29, 1.82) is 0 Å². The number of benzene rings is 1. The van der Waals surface area contributed by atoms with E-state index in [-0.39, 0.29) is 0 Å². The minimum absolute atomic E-state index is 0.436. The first-order valence-corrected chi connectivity index (χ1v) is 8.57. The lowest BCUT2D eigenvalue weighted by Gasteiger charge is -2.14. The van der Waals surface area contributed by atoms with Gasteiger partial charge in [0.2, 0.25) is 0 Å². The summed E-state index contributed by atoms with van der Waals surface area (Å²) in [5, 5.41) is 7.95. The second kappa shape index (κ2) is 6.20. The molecule has 1 aliphatic heterocycles. The van der Waals surface area contributed by atoms with Gasteiger partial charge in [-0.3, -0.25) is 0 Å². The van der Waals surface area contributed by atoms with Gasteiger partial charge < -0.3 is 10.3 Å². The van der Waals surface area contributed by atoms with Crippen LogP contribution < -0.4 is 5.32 Å². The zero-order valence-electron chi connectivity index (χ0n) is 12.1. The molecule has 1 unspecified atom stereocenters. The van der Waals surface area contributed by atoms with Gasteiger partial charge in [0.25, 0.3) is 0 Å². The highest BCUT2D eigenvalue weighted by atomic mass is 35.5. The molecule has 21 heavy (non-hydrogen) atoms. The van der Waals surface area contributed by atoms with Gasteiger partial charge in [-0.15, -0.1) is 11.8 Å². The van der Waals surface area contributed by atoms with E-state index >= 15 is 0 Å². The molecule has 0 radical (unpaired) electrons. The summed E-state index contributed by atoms with van der Waals surface area (Å²) in [6.45, 7) is 7.33. The summed E-state index contributed by atoms with van der Waals surface area (Å²) in [5.41, 5.74) is 4.53. The van der Waals surface area contributed by atoms with E-state index in [1.807, 2.05) is 30.0 Å². The molecular weight excluding hydrogens is 300 g/mol. The summed E-state index contributed by atoms with van der Waals surface area (Å²) in [4.78, 5) is 3.57. The average molecular weight is 319 g/mol. The van der Waals surface area contributed by atoms with Crippen LogP contribution in [-0.4, -0.2) is 11.5 Å². The molecule has 110 valence electrons. The lowest BCUT2D eigenvalue weighted by Crippen LogP contribution is -2.13. The van der Waals surface area contributed by atoms with Crippen LogP contribution in [0.3, 0.4) is 0 Å². The summed E-state index contributed by atoms with van der Waals surface area (Å²) >= 11 is 8.04. The number of hydrogen-bond donors (Lipinski definition) is 2. The van der Waals surface area contributed by atoms with Gasteiger partial charge in [-0.25, -0.2) is 0 Å². The van der Waals surface area contributed by atoms with Crippen LogP contribution in [0.1, 0.15) is 36.3 Å². The van der Waals surface area contributed by atoms with Crippen LogP contribution >= 0.6 is 23.4 Å². The summed E-state index contributed by atoms with van der Waals surface area (Å²) in [6.07, 6.45) is 4.36. The monoisotopic (exact) mass is 318 g/mol. The number of rotatable bonds is 5. The number of allylic oxidation sites excluding steroid dienone is 1. The fraction of sp³-hybridized carbons (Fsp3) is 0.294. The van der Waals surface area contributed by atoms with Crippen molar-refractivity contribution < 1.29 is 0 Å². The maximum absolute atomic E-state index is 6.19. The Hall–Kier alpha value is -1.32. The highest BCUT2D eigenvalue weighted by molar-refractivity contribution is 8.02. The first kappa shape index (κ1) is 14.6. The molecule has 0 fully saturated rings. The molecule has 0 saturated carbocycles. The topological polar surface area (TPSA) is 27.8 Å². The van der Waals surface area contributed by atoms with Crippen LogP contribution in [-0.2, 0) is 0 Å². The first-order chi connectivity index (χ1) is 10.2. The molecule has 1 atom stereocenters. The maximum atomic E-state index is 6.19. The van der Waals surface area contributed by atoms with Crippen LogP contribution in [0.15, 0.2) is 36.3 Å². The summed E-state index contributed by atoms with van der Waals surface area (Å²) in [7, 11) is 0. The predicted molar refractivity (Wildman–Crippen MR) is 94.7 cm³/mol. The molecule has 3 rings (SSSR count). The van der Waals surface area contributed by atoms with Crippen LogP contribution in [0, 0.1) is 0 Å². The van der Waals surface area contributed by atoms with E-state index in [1.54, 1.807) is 0 Å². The molecule has 2 heterocycles. The molecule has 2 aromatic rings. The zero-order chi connectivity index (χ0) is 14.8. The van der Waals surface area contributed by atoms with Crippen LogP contribution in [0.4, 0.5) is 0 Å². The molecule has 0 bridgehead atoms. The molecule has 4 heteroatoms. The Labute approximate surface area is 134 Å². The van der Waals surface area contributed by atoms with Crippen LogP contribution in [0.25, 0.3) is 16.6 Å². The number of aromatic amines is 1.